The molecule has 0 aliphatic heterocycles. The lowest BCUT2D eigenvalue weighted by Gasteiger charge is -2.17. The molecule has 0 aromatic heterocycles. The second kappa shape index (κ2) is 22.2. The van der Waals surface area contributed by atoms with Crippen LogP contribution in [0.4, 0.5) is 0 Å². The molecule has 1 N–H and O–H groups in total. The van der Waals surface area contributed by atoms with E-state index in [0.29, 0.717) is 31.0 Å². The third-order valence-electron chi connectivity index (χ3n) is 4.56. The van der Waals surface area contributed by atoms with E-state index in [1.165, 1.54) is 0 Å². The van der Waals surface area contributed by atoms with E-state index in [0.717, 1.165) is 24.6 Å². The van der Waals surface area contributed by atoms with E-state index >= 15 is 0 Å². The maximum absolute atomic E-state index is 12.2. The van der Waals surface area contributed by atoms with E-state index < -0.39 is 14.3 Å². The van der Waals surface area contributed by atoms with E-state index in [-0.39, 0.29) is 18.7 Å². The van der Waals surface area contributed by atoms with Crippen molar-refractivity contribution in [1.29, 1.82) is 0 Å². The minimum atomic E-state index is -2.19. The smallest absolute Gasteiger partial charge is 0.373 e. The van der Waals surface area contributed by atoms with Crippen LogP contribution in [0.15, 0.2) is 30.3 Å². The zero-order chi connectivity index (χ0) is 26.3. The summed E-state index contributed by atoms with van der Waals surface area (Å²) in [5.41, 5.74) is 1.14. The fourth-order valence-corrected chi connectivity index (χ4v) is 6.47. The zero-order valence-electron chi connectivity index (χ0n) is 20.7. The van der Waals surface area contributed by atoms with Gasteiger partial charge in [-0.1, -0.05) is 70.9 Å². The highest BCUT2D eigenvalue weighted by atomic mass is 31.2. The Hall–Kier alpha value is -1.64. The first-order chi connectivity index (χ1) is 15.4. The molecule has 0 spiro atoms. The summed E-state index contributed by atoms with van der Waals surface area (Å²) in [5, 5.41) is 8.68. The van der Waals surface area contributed by atoms with E-state index in [4.69, 9.17) is 29.0 Å². The van der Waals surface area contributed by atoms with Crippen LogP contribution in [0.25, 0.3) is 0 Å². The Morgan fingerprint density at radius 1 is 0.848 bits per heavy atom. The van der Waals surface area contributed by atoms with Gasteiger partial charge in [0, 0.05) is 12.3 Å². The van der Waals surface area contributed by atoms with Crippen molar-refractivity contribution in [3.63, 3.8) is 0 Å². The van der Waals surface area contributed by atoms with Crippen LogP contribution in [-0.4, -0.2) is 55.8 Å². The predicted molar refractivity (Wildman–Crippen MR) is 129 cm³/mol. The Balaban J connectivity index is -0.000000476. The molecule has 0 saturated carbocycles. The number of carbonyl (C=O) groups excluding carboxylic acids is 4. The minimum Gasteiger partial charge on any atom is -0.389 e. The fourth-order valence-electron chi connectivity index (χ4n) is 2.62. The average Bonchev–Trinajstić information content (AvgIpc) is 2.75. The van der Waals surface area contributed by atoms with Crippen LogP contribution in [0.2, 0.25) is 0 Å². The third-order valence-corrected chi connectivity index (χ3v) is 8.68. The number of benzene rings is 1. The third kappa shape index (κ3) is 26.5. The number of hydrogen-bond acceptors (Lipinski definition) is 8. The first-order valence-corrected chi connectivity index (χ1v) is 15.7. The van der Waals surface area contributed by atoms with Crippen LogP contribution in [0.5, 0.6) is 0 Å². The van der Waals surface area contributed by atoms with E-state index in [2.05, 4.69) is 27.7 Å². The number of rotatable bonds is 11. The molecule has 0 bridgehead atoms. The first-order valence-electron chi connectivity index (χ1n) is 10.7. The van der Waals surface area contributed by atoms with E-state index in [1.54, 1.807) is 6.66 Å². The lowest BCUT2D eigenvalue weighted by Crippen LogP contribution is -2.05. The van der Waals surface area contributed by atoms with Crippen LogP contribution < -0.4 is 0 Å². The van der Waals surface area contributed by atoms with Crippen molar-refractivity contribution in [2.24, 2.45) is 11.8 Å². The van der Waals surface area contributed by atoms with Crippen LogP contribution >= 0.6 is 14.3 Å². The van der Waals surface area contributed by atoms with Gasteiger partial charge in [0.15, 0.2) is 0 Å². The number of aliphatic hydroxyl groups is 1. The average molecular weight is 507 g/mol. The van der Waals surface area contributed by atoms with Crippen LogP contribution in [0, 0.1) is 11.8 Å². The summed E-state index contributed by atoms with van der Waals surface area (Å²) in [6.07, 6.45) is 4.34. The van der Waals surface area contributed by atoms with Crippen molar-refractivity contribution in [3.05, 3.63) is 35.9 Å². The summed E-state index contributed by atoms with van der Waals surface area (Å²) >= 11 is 0. The molecule has 33 heavy (non-hydrogen) atoms. The molecule has 0 heterocycles. The maximum atomic E-state index is 12.2. The summed E-state index contributed by atoms with van der Waals surface area (Å²) in [4.78, 5) is 32.5. The van der Waals surface area contributed by atoms with Crippen LogP contribution in [0.1, 0.15) is 46.1 Å². The molecule has 0 fully saturated rings. The van der Waals surface area contributed by atoms with Gasteiger partial charge < -0.3 is 19.0 Å². The highest BCUT2D eigenvalue weighted by Crippen LogP contribution is 2.43. The quantitative estimate of drug-likeness (QED) is 0.414. The molecule has 10 heteroatoms. The Morgan fingerprint density at radius 3 is 1.61 bits per heavy atom. The van der Waals surface area contributed by atoms with Crippen LogP contribution in [-0.2, 0) is 39.7 Å². The van der Waals surface area contributed by atoms with Gasteiger partial charge in [-0.05, 0) is 30.7 Å². The Bertz CT molecular complexity index is 743. The molecular weight excluding hydrogens is 466 g/mol. The number of ether oxygens (including phenoxy) is 1. The lowest BCUT2D eigenvalue weighted by atomic mass is 10.2. The largest absolute Gasteiger partial charge is 0.389 e. The molecule has 190 valence electrons. The van der Waals surface area contributed by atoms with Crippen molar-refractivity contribution in [1.82, 2.24) is 0 Å². The predicted octanol–water partition coefficient (Wildman–Crippen LogP) is 5.01. The molecule has 0 aliphatic rings. The normalized spacial score (nSPS) is 15.0. The van der Waals surface area contributed by atoms with Gasteiger partial charge in [-0.25, -0.2) is 0 Å². The summed E-state index contributed by atoms with van der Waals surface area (Å²) in [5.74, 6) is 0.995. The highest BCUT2D eigenvalue weighted by Gasteiger charge is 2.18. The summed E-state index contributed by atoms with van der Waals surface area (Å²) in [7, 11) is -4.31. The van der Waals surface area contributed by atoms with Crippen molar-refractivity contribution in [2.75, 3.05) is 38.3 Å². The Kier molecular flexibility index (Phi) is 24.1. The molecule has 2 unspecified atom stereocenters. The Labute approximate surface area is 198 Å². The van der Waals surface area contributed by atoms with Gasteiger partial charge in [0.25, 0.3) is 0 Å². The maximum Gasteiger partial charge on any atom is 0.373 e. The molecular formula is C23H40O8P2. The van der Waals surface area contributed by atoms with Gasteiger partial charge in [0.2, 0.25) is 0 Å². The first kappa shape index (κ1) is 35.9. The molecule has 0 radical (unpaired) electrons. The lowest BCUT2D eigenvalue weighted by molar-refractivity contribution is -0.193. The van der Waals surface area contributed by atoms with Gasteiger partial charge in [0.05, 0.1) is 19.3 Å². The second-order valence-electron chi connectivity index (χ2n) is 8.26. The molecule has 1 rings (SSSR count). The molecule has 1 aromatic carbocycles. The SMILES string of the molecule is CCC(C)C[P@](C)(=O)CO.CCC(C)C[P@](C)(=O)COCc1ccccc1.O=C=O.O=C=O. The zero-order valence-corrected chi connectivity index (χ0v) is 22.5. The van der Waals surface area contributed by atoms with E-state index in [1.807, 2.05) is 37.0 Å². The molecule has 0 saturated heterocycles. The van der Waals surface area contributed by atoms with Crippen LogP contribution in [0.3, 0.4) is 0 Å². The van der Waals surface area contributed by atoms with Gasteiger partial charge in [-0.2, -0.15) is 19.2 Å². The highest BCUT2D eigenvalue weighted by molar-refractivity contribution is 7.63. The number of hydrogen-bond donors (Lipinski definition) is 1. The summed E-state index contributed by atoms with van der Waals surface area (Å²) < 4.78 is 29.1. The topological polar surface area (TPSA) is 132 Å². The minimum absolute atomic E-state index is 0.142. The van der Waals surface area contributed by atoms with Gasteiger partial charge in [0.1, 0.15) is 14.3 Å². The van der Waals surface area contributed by atoms with Crippen molar-refractivity contribution >= 4 is 26.6 Å². The molecule has 0 amide bonds. The molecule has 1 aromatic rings. The summed E-state index contributed by atoms with van der Waals surface area (Å²) in [6, 6.07) is 10.0. The Morgan fingerprint density at radius 2 is 1.24 bits per heavy atom. The van der Waals surface area contributed by atoms with E-state index in [9.17, 15) is 9.13 Å². The monoisotopic (exact) mass is 506 g/mol. The van der Waals surface area contributed by atoms with Crippen molar-refractivity contribution in [2.45, 2.75) is 47.1 Å². The van der Waals surface area contributed by atoms with Gasteiger partial charge >= 0.3 is 12.3 Å². The summed E-state index contributed by atoms with van der Waals surface area (Å²) in [6.45, 7) is 12.5. The van der Waals surface area contributed by atoms with Crippen molar-refractivity contribution < 1.29 is 38.2 Å². The van der Waals surface area contributed by atoms with Gasteiger partial charge in [-0.15, -0.1) is 0 Å². The number of aliphatic hydroxyl groups excluding tert-OH is 1. The molecule has 0 aliphatic carbocycles. The molecule has 4 atom stereocenters. The fraction of sp³-hybridized carbons (Fsp3) is 0.652. The van der Waals surface area contributed by atoms with Crippen molar-refractivity contribution in [3.8, 4) is 0 Å². The van der Waals surface area contributed by atoms with Gasteiger partial charge in [-0.3, -0.25) is 0 Å². The standard InChI is InChI=1S/C14H23O2P.C7H17O2P.2CO2/c1-4-13(2)11-17(3,15)12-16-10-14-8-6-5-7-9-14;1-4-7(2)5-10(3,9)6-8;2*2-1-3/h5-9,13H,4,10-12H2,1-3H3;7-8H,4-6H2,1-3H3;;/t13?,17-;7?,10-;;/m00../s1. The second-order valence-corrected chi connectivity index (χ2v) is 14.7. The molecule has 8 nitrogen and oxygen atoms in total.